The van der Waals surface area contributed by atoms with E-state index in [2.05, 4.69) is 15.6 Å². The largest absolute Gasteiger partial charge is 0.507 e. The first-order valence-electron chi connectivity index (χ1n) is 12.3. The van der Waals surface area contributed by atoms with Crippen LogP contribution in [0, 0.1) is 5.82 Å². The van der Waals surface area contributed by atoms with Gasteiger partial charge >= 0.3 is 6.03 Å². The van der Waals surface area contributed by atoms with Crippen LogP contribution in [0.3, 0.4) is 0 Å². The number of nitrogens with one attached hydrogen (secondary N) is 2. The Balaban J connectivity index is 1.56. The summed E-state index contributed by atoms with van der Waals surface area (Å²) in [5, 5.41) is 17.2. The molecule has 0 atom stereocenters. The number of hydrogen-bond donors (Lipinski definition) is 3. The zero-order valence-electron chi connectivity index (χ0n) is 21.3. The zero-order chi connectivity index (χ0) is 27.8. The maximum atomic E-state index is 14.9. The van der Waals surface area contributed by atoms with E-state index in [1.807, 2.05) is 0 Å². The molecular formula is C27H26ClFN6O4. The Morgan fingerprint density at radius 2 is 1.79 bits per heavy atom. The summed E-state index contributed by atoms with van der Waals surface area (Å²) in [7, 11) is 1.71. The number of anilines is 3. The van der Waals surface area contributed by atoms with E-state index in [0.29, 0.717) is 48.7 Å². The van der Waals surface area contributed by atoms with Gasteiger partial charge < -0.3 is 25.5 Å². The average Bonchev–Trinajstić information content (AvgIpc) is 3.23. The minimum absolute atomic E-state index is 0.120. The van der Waals surface area contributed by atoms with Crippen LogP contribution in [-0.2, 0) is 9.59 Å². The van der Waals surface area contributed by atoms with Gasteiger partial charge in [0, 0.05) is 63.0 Å². The number of nitrogens with zero attached hydrogens (tertiary/aromatic N) is 4. The van der Waals surface area contributed by atoms with E-state index in [9.17, 15) is 23.9 Å². The molecule has 0 spiro atoms. The number of rotatable bonds is 5. The van der Waals surface area contributed by atoms with Gasteiger partial charge in [-0.05, 0) is 35.9 Å². The molecule has 3 aromatic rings. The standard InChI is InChI=1S/C27H26ClFN6O4/c1-15(36)32-26-23(34-6-5-30-14-24(34)37)10-17(13-31-26)20-12-18(29)11-19(25(20)38)16-3-4-22(21(28)9-16)35-8-7-33(2)27(35)39/h3-4,9-13,30,38H,5-8,14H2,1-2H3,(H,31,32,36). The Kier molecular flexibility index (Phi) is 7.11. The molecule has 0 unspecified atom stereocenters. The van der Waals surface area contributed by atoms with Crippen LogP contribution in [-0.4, -0.2) is 72.6 Å². The number of urea groups is 1. The van der Waals surface area contributed by atoms with Gasteiger partial charge in [-0.1, -0.05) is 17.7 Å². The van der Waals surface area contributed by atoms with Crippen molar-refractivity contribution >= 4 is 46.6 Å². The number of halogens is 2. The van der Waals surface area contributed by atoms with Gasteiger partial charge in [0.1, 0.15) is 11.6 Å². The second-order valence-electron chi connectivity index (χ2n) is 9.37. The van der Waals surface area contributed by atoms with Gasteiger partial charge in [0.2, 0.25) is 11.8 Å². The Morgan fingerprint density at radius 3 is 2.44 bits per heavy atom. The maximum Gasteiger partial charge on any atom is 0.324 e. The average molecular weight is 553 g/mol. The molecule has 2 fully saturated rings. The smallest absolute Gasteiger partial charge is 0.324 e. The Labute approximate surface area is 229 Å². The lowest BCUT2D eigenvalue weighted by Crippen LogP contribution is -2.48. The van der Waals surface area contributed by atoms with Crippen molar-refractivity contribution in [3.8, 4) is 28.0 Å². The van der Waals surface area contributed by atoms with E-state index in [0.717, 1.165) is 0 Å². The van der Waals surface area contributed by atoms with Crippen LogP contribution in [0.4, 0.5) is 26.4 Å². The quantitative estimate of drug-likeness (QED) is 0.444. The zero-order valence-corrected chi connectivity index (χ0v) is 22.0. The molecule has 2 aliphatic heterocycles. The Morgan fingerprint density at radius 1 is 1.05 bits per heavy atom. The molecule has 3 N–H and O–H groups in total. The lowest BCUT2D eigenvalue weighted by atomic mass is 9.97. The van der Waals surface area contributed by atoms with E-state index in [1.165, 1.54) is 30.2 Å². The lowest BCUT2D eigenvalue weighted by Gasteiger charge is -2.29. The van der Waals surface area contributed by atoms with Gasteiger partial charge in [-0.25, -0.2) is 14.2 Å². The van der Waals surface area contributed by atoms with Gasteiger partial charge in [-0.3, -0.25) is 14.5 Å². The summed E-state index contributed by atoms with van der Waals surface area (Å²) in [5.74, 6) is -1.23. The number of phenolic OH excluding ortho intramolecular Hbond substituents is 1. The molecule has 3 heterocycles. The molecule has 4 amide bonds. The number of likely N-dealkylation sites (N-methyl/N-ethyl adjacent to an activating group) is 1. The number of hydrogen-bond acceptors (Lipinski definition) is 6. The highest BCUT2D eigenvalue weighted by Gasteiger charge is 2.29. The van der Waals surface area contributed by atoms with Crippen LogP contribution >= 0.6 is 11.6 Å². The number of aromatic hydroxyl groups is 1. The van der Waals surface area contributed by atoms with Crippen molar-refractivity contribution in [1.82, 2.24) is 15.2 Å². The van der Waals surface area contributed by atoms with Gasteiger partial charge in [0.15, 0.2) is 5.82 Å². The molecule has 12 heteroatoms. The first-order valence-corrected chi connectivity index (χ1v) is 12.7. The van der Waals surface area contributed by atoms with Crippen molar-refractivity contribution in [2.75, 3.05) is 54.9 Å². The Bertz CT molecular complexity index is 1500. The van der Waals surface area contributed by atoms with E-state index >= 15 is 0 Å². The minimum Gasteiger partial charge on any atom is -0.507 e. The first-order chi connectivity index (χ1) is 18.6. The third-order valence-corrected chi connectivity index (χ3v) is 7.00. The third kappa shape index (κ3) is 5.10. The number of pyridine rings is 1. The second kappa shape index (κ2) is 10.5. The van der Waals surface area contributed by atoms with Crippen LogP contribution in [0.25, 0.3) is 22.3 Å². The van der Waals surface area contributed by atoms with Gasteiger partial charge in [0.05, 0.1) is 22.9 Å². The van der Waals surface area contributed by atoms with Gasteiger partial charge in [-0.15, -0.1) is 0 Å². The number of amides is 4. The molecule has 0 aliphatic carbocycles. The van der Waals surface area contributed by atoms with Crippen LogP contribution < -0.4 is 20.4 Å². The summed E-state index contributed by atoms with van der Waals surface area (Å²) < 4.78 is 14.9. The molecule has 1 aromatic heterocycles. The van der Waals surface area contributed by atoms with Crippen LogP contribution in [0.1, 0.15) is 6.92 Å². The highest BCUT2D eigenvalue weighted by Crippen LogP contribution is 2.42. The van der Waals surface area contributed by atoms with Crippen molar-refractivity contribution in [2.45, 2.75) is 6.92 Å². The van der Waals surface area contributed by atoms with Crippen LogP contribution in [0.15, 0.2) is 42.6 Å². The van der Waals surface area contributed by atoms with Crippen LogP contribution in [0.5, 0.6) is 5.75 Å². The normalized spacial score (nSPS) is 15.7. The van der Waals surface area contributed by atoms with Gasteiger partial charge in [-0.2, -0.15) is 0 Å². The highest BCUT2D eigenvalue weighted by molar-refractivity contribution is 6.34. The van der Waals surface area contributed by atoms with E-state index < -0.39 is 5.82 Å². The summed E-state index contributed by atoms with van der Waals surface area (Å²) in [6.07, 6.45) is 1.39. The molecule has 5 rings (SSSR count). The fraction of sp³-hybridized carbons (Fsp3) is 0.259. The monoisotopic (exact) mass is 552 g/mol. The summed E-state index contributed by atoms with van der Waals surface area (Å²) in [6, 6.07) is 8.68. The number of carbonyl (C=O) groups excluding carboxylic acids is 3. The summed E-state index contributed by atoms with van der Waals surface area (Å²) >= 11 is 6.53. The molecule has 39 heavy (non-hydrogen) atoms. The number of carbonyl (C=O) groups is 3. The van der Waals surface area contributed by atoms with E-state index in [-0.39, 0.29) is 52.1 Å². The van der Waals surface area contributed by atoms with Crippen LogP contribution in [0.2, 0.25) is 5.02 Å². The topological polar surface area (TPSA) is 118 Å². The molecular weight excluding hydrogens is 527 g/mol. The van der Waals surface area contributed by atoms with Crippen molar-refractivity contribution in [2.24, 2.45) is 0 Å². The predicted octanol–water partition coefficient (Wildman–Crippen LogP) is 3.68. The maximum absolute atomic E-state index is 14.9. The summed E-state index contributed by atoms with van der Waals surface area (Å²) in [4.78, 5) is 45.7. The number of piperazine rings is 1. The van der Waals surface area contributed by atoms with Crippen molar-refractivity contribution in [3.63, 3.8) is 0 Å². The molecule has 10 nitrogen and oxygen atoms in total. The molecule has 0 radical (unpaired) electrons. The lowest BCUT2D eigenvalue weighted by molar-refractivity contribution is -0.118. The molecule has 202 valence electrons. The SMILES string of the molecule is CC(=O)Nc1ncc(-c2cc(F)cc(-c3ccc(N4CCN(C)C4=O)c(Cl)c3)c2O)cc1N1CCNCC1=O. The highest BCUT2D eigenvalue weighted by atomic mass is 35.5. The number of aromatic nitrogens is 1. The second-order valence-corrected chi connectivity index (χ2v) is 9.77. The molecule has 0 saturated carbocycles. The summed E-state index contributed by atoms with van der Waals surface area (Å²) in [5.41, 5.74) is 1.99. The minimum atomic E-state index is -0.611. The fourth-order valence-corrected chi connectivity index (χ4v) is 5.02. The Hall–Kier alpha value is -4.22. The third-order valence-electron chi connectivity index (χ3n) is 6.69. The molecule has 2 saturated heterocycles. The number of benzene rings is 2. The van der Waals surface area contributed by atoms with Crippen molar-refractivity contribution < 1.29 is 23.9 Å². The van der Waals surface area contributed by atoms with Crippen molar-refractivity contribution in [1.29, 1.82) is 0 Å². The van der Waals surface area contributed by atoms with Crippen molar-refractivity contribution in [3.05, 3.63) is 53.4 Å². The fourth-order valence-electron chi connectivity index (χ4n) is 4.73. The van der Waals surface area contributed by atoms with E-state index in [1.54, 1.807) is 41.1 Å². The number of phenols is 1. The first kappa shape index (κ1) is 26.4. The molecule has 2 aliphatic rings. The van der Waals surface area contributed by atoms with Gasteiger partial charge in [0.25, 0.3) is 0 Å². The summed E-state index contributed by atoms with van der Waals surface area (Å²) in [6.45, 7) is 3.40. The predicted molar refractivity (Wildman–Crippen MR) is 147 cm³/mol. The molecule has 2 aromatic carbocycles. The molecule has 0 bridgehead atoms. The van der Waals surface area contributed by atoms with E-state index in [4.69, 9.17) is 11.6 Å².